The topological polar surface area (TPSA) is 63.0 Å². The Morgan fingerprint density at radius 2 is 2.14 bits per heavy atom. The van der Waals surface area contributed by atoms with Gasteiger partial charge in [0.2, 0.25) is 0 Å². The molecule has 0 spiro atoms. The summed E-state index contributed by atoms with van der Waals surface area (Å²) in [4.78, 5) is 8.33. The van der Waals surface area contributed by atoms with Crippen LogP contribution in [0, 0.1) is 0 Å². The summed E-state index contributed by atoms with van der Waals surface area (Å²) in [5, 5.41) is 13.4. The van der Waals surface area contributed by atoms with Crippen LogP contribution >= 0.6 is 11.6 Å². The smallest absolute Gasteiger partial charge is 0.139 e. The van der Waals surface area contributed by atoms with E-state index >= 15 is 0 Å². The van der Waals surface area contributed by atoms with E-state index in [4.69, 9.17) is 11.6 Å². The molecule has 0 aliphatic rings. The van der Waals surface area contributed by atoms with Crippen LogP contribution in [0.5, 0.6) is 5.75 Å². The summed E-state index contributed by atoms with van der Waals surface area (Å²) in [5.41, 5.74) is 1.60. The minimum atomic E-state index is 0.106. The van der Waals surface area contributed by atoms with Crippen molar-refractivity contribution in [2.45, 2.75) is 6.54 Å². The molecular formula is C15H13ClN4O. The lowest BCUT2D eigenvalue weighted by Crippen LogP contribution is -2.01. The maximum Gasteiger partial charge on any atom is 0.139 e. The van der Waals surface area contributed by atoms with Crippen molar-refractivity contribution in [2.75, 3.05) is 5.32 Å². The summed E-state index contributed by atoms with van der Waals surface area (Å²) < 4.78 is 1.83. The van der Waals surface area contributed by atoms with E-state index in [0.29, 0.717) is 11.6 Å². The van der Waals surface area contributed by atoms with Crippen LogP contribution in [0.25, 0.3) is 5.82 Å². The molecule has 106 valence electrons. The average Bonchev–Trinajstić information content (AvgIpc) is 3.04. The van der Waals surface area contributed by atoms with Crippen molar-refractivity contribution in [2.24, 2.45) is 0 Å². The van der Waals surface area contributed by atoms with Gasteiger partial charge in [0.05, 0.1) is 16.9 Å². The largest absolute Gasteiger partial charge is 0.506 e. The second kappa shape index (κ2) is 5.85. The number of hydrogen-bond donors (Lipinski definition) is 2. The third-order valence-corrected chi connectivity index (χ3v) is 3.38. The first kappa shape index (κ1) is 13.5. The number of hydrogen-bond acceptors (Lipinski definition) is 4. The maximum atomic E-state index is 9.85. The number of phenolic OH excluding ortho intramolecular Hbond substituents is 1. The Morgan fingerprint density at radius 3 is 2.86 bits per heavy atom. The third-order valence-electron chi connectivity index (χ3n) is 3.07. The highest BCUT2D eigenvalue weighted by Crippen LogP contribution is 2.27. The summed E-state index contributed by atoms with van der Waals surface area (Å²) in [7, 11) is 0. The highest BCUT2D eigenvalue weighted by molar-refractivity contribution is 6.32. The molecule has 0 radical (unpaired) electrons. The minimum absolute atomic E-state index is 0.106. The Balaban J connectivity index is 1.70. The van der Waals surface area contributed by atoms with Gasteiger partial charge in [-0.05, 0) is 18.2 Å². The first-order valence-electron chi connectivity index (χ1n) is 6.38. The predicted molar refractivity (Wildman–Crippen MR) is 81.8 cm³/mol. The van der Waals surface area contributed by atoms with Gasteiger partial charge >= 0.3 is 0 Å². The molecule has 0 atom stereocenters. The molecule has 0 fully saturated rings. The Morgan fingerprint density at radius 1 is 1.24 bits per heavy atom. The predicted octanol–water partition coefficient (Wildman–Crippen LogP) is 3.24. The van der Waals surface area contributed by atoms with Crippen LogP contribution in [-0.4, -0.2) is 19.6 Å². The van der Waals surface area contributed by atoms with Gasteiger partial charge < -0.3 is 10.4 Å². The van der Waals surface area contributed by atoms with Crippen molar-refractivity contribution in [1.29, 1.82) is 0 Å². The molecule has 0 aliphatic heterocycles. The average molecular weight is 301 g/mol. The summed E-state index contributed by atoms with van der Waals surface area (Å²) in [6.07, 6.45) is 6.96. The van der Waals surface area contributed by atoms with E-state index in [1.54, 1.807) is 30.9 Å². The van der Waals surface area contributed by atoms with Crippen molar-refractivity contribution in [3.05, 3.63) is 65.8 Å². The van der Waals surface area contributed by atoms with E-state index in [1.165, 1.54) is 0 Å². The lowest BCUT2D eigenvalue weighted by Gasteiger charge is -2.09. The highest BCUT2D eigenvalue weighted by Gasteiger charge is 2.05. The van der Waals surface area contributed by atoms with Gasteiger partial charge in [-0.1, -0.05) is 23.7 Å². The number of nitrogens with zero attached hydrogens (tertiary/aromatic N) is 3. The number of rotatable bonds is 4. The van der Waals surface area contributed by atoms with Crippen LogP contribution in [-0.2, 0) is 6.54 Å². The molecule has 3 rings (SSSR count). The molecular weight excluding hydrogens is 288 g/mol. The number of anilines is 1. The standard InChI is InChI=1S/C15H13ClN4O/c16-13-3-1-2-11(15(13)21)8-18-12-4-5-14(19-9-12)20-7-6-17-10-20/h1-7,9-10,18,21H,8H2. The Kier molecular flexibility index (Phi) is 3.75. The molecule has 0 saturated carbocycles. The van der Waals surface area contributed by atoms with Crippen LogP contribution in [0.2, 0.25) is 5.02 Å². The molecule has 0 amide bonds. The summed E-state index contributed by atoms with van der Waals surface area (Å²) in [6, 6.07) is 9.09. The molecule has 0 saturated heterocycles. The number of phenols is 1. The molecule has 1 aromatic carbocycles. The number of nitrogens with one attached hydrogen (secondary N) is 1. The van der Waals surface area contributed by atoms with E-state index in [9.17, 15) is 5.11 Å². The molecule has 0 bridgehead atoms. The SMILES string of the molecule is Oc1c(Cl)cccc1CNc1ccc(-n2ccnc2)nc1. The van der Waals surface area contributed by atoms with E-state index in [1.807, 2.05) is 29.0 Å². The fourth-order valence-corrected chi connectivity index (χ4v) is 2.13. The number of para-hydroxylation sites is 1. The van der Waals surface area contributed by atoms with Crippen LogP contribution in [0.15, 0.2) is 55.2 Å². The van der Waals surface area contributed by atoms with Gasteiger partial charge in [-0.25, -0.2) is 9.97 Å². The Hall–Kier alpha value is -2.53. The zero-order chi connectivity index (χ0) is 14.7. The van der Waals surface area contributed by atoms with Gasteiger partial charge in [0.1, 0.15) is 17.9 Å². The lowest BCUT2D eigenvalue weighted by molar-refractivity contribution is 0.469. The molecule has 2 heterocycles. The fraction of sp³-hybridized carbons (Fsp3) is 0.0667. The summed E-state index contributed by atoms with van der Waals surface area (Å²) in [6.45, 7) is 0.471. The summed E-state index contributed by atoms with van der Waals surface area (Å²) in [5.74, 6) is 0.901. The highest BCUT2D eigenvalue weighted by atomic mass is 35.5. The van der Waals surface area contributed by atoms with Crippen LogP contribution in [0.4, 0.5) is 5.69 Å². The number of imidazole rings is 1. The maximum absolute atomic E-state index is 9.85. The Labute approximate surface area is 126 Å². The molecule has 6 heteroatoms. The van der Waals surface area contributed by atoms with Gasteiger partial charge in [0, 0.05) is 24.5 Å². The molecule has 5 nitrogen and oxygen atoms in total. The van der Waals surface area contributed by atoms with Gasteiger partial charge in [-0.15, -0.1) is 0 Å². The minimum Gasteiger partial charge on any atom is -0.506 e. The van der Waals surface area contributed by atoms with E-state index in [-0.39, 0.29) is 5.75 Å². The van der Waals surface area contributed by atoms with Crippen molar-refractivity contribution in [3.63, 3.8) is 0 Å². The number of benzene rings is 1. The molecule has 21 heavy (non-hydrogen) atoms. The van der Waals surface area contributed by atoms with E-state index in [2.05, 4.69) is 15.3 Å². The first-order chi connectivity index (χ1) is 10.2. The van der Waals surface area contributed by atoms with Gasteiger partial charge in [0.15, 0.2) is 0 Å². The zero-order valence-electron chi connectivity index (χ0n) is 11.1. The van der Waals surface area contributed by atoms with E-state index < -0.39 is 0 Å². The molecule has 0 aliphatic carbocycles. The quantitative estimate of drug-likeness (QED) is 0.776. The number of pyridine rings is 1. The monoisotopic (exact) mass is 300 g/mol. The van der Waals surface area contributed by atoms with Gasteiger partial charge in [-0.2, -0.15) is 0 Å². The second-order valence-electron chi connectivity index (χ2n) is 4.48. The second-order valence-corrected chi connectivity index (χ2v) is 4.88. The normalized spacial score (nSPS) is 10.5. The number of aromatic nitrogens is 3. The van der Waals surface area contributed by atoms with Crippen molar-refractivity contribution < 1.29 is 5.11 Å². The van der Waals surface area contributed by atoms with Crippen molar-refractivity contribution in [3.8, 4) is 11.6 Å². The molecule has 2 N–H and O–H groups in total. The van der Waals surface area contributed by atoms with E-state index in [0.717, 1.165) is 17.1 Å². The van der Waals surface area contributed by atoms with Crippen molar-refractivity contribution in [1.82, 2.24) is 14.5 Å². The first-order valence-corrected chi connectivity index (χ1v) is 6.76. The van der Waals surface area contributed by atoms with Crippen molar-refractivity contribution >= 4 is 17.3 Å². The summed E-state index contributed by atoms with van der Waals surface area (Å²) >= 11 is 5.87. The van der Waals surface area contributed by atoms with Crippen LogP contribution < -0.4 is 5.32 Å². The number of halogens is 1. The number of aromatic hydroxyl groups is 1. The fourth-order valence-electron chi connectivity index (χ4n) is 1.94. The molecule has 2 aromatic heterocycles. The zero-order valence-corrected chi connectivity index (χ0v) is 11.8. The lowest BCUT2D eigenvalue weighted by atomic mass is 10.2. The van der Waals surface area contributed by atoms with Crippen LogP contribution in [0.1, 0.15) is 5.56 Å². The molecule has 0 unspecified atom stereocenters. The Bertz CT molecular complexity index is 726. The van der Waals surface area contributed by atoms with Gasteiger partial charge in [-0.3, -0.25) is 4.57 Å². The van der Waals surface area contributed by atoms with Gasteiger partial charge in [0.25, 0.3) is 0 Å². The van der Waals surface area contributed by atoms with Crippen LogP contribution in [0.3, 0.4) is 0 Å². The third kappa shape index (κ3) is 2.98. The molecule has 3 aromatic rings.